The normalized spacial score (nSPS) is 22.5. The maximum atomic E-state index is 6.04. The second kappa shape index (κ2) is 5.51. The molecule has 72 valence electrons. The van der Waals surface area contributed by atoms with Crippen LogP contribution in [0.15, 0.2) is 0 Å². The van der Waals surface area contributed by atoms with Crippen molar-refractivity contribution in [3.63, 3.8) is 0 Å². The molecule has 1 aliphatic heterocycles. The number of hydrogen-bond donors (Lipinski definition) is 2. The van der Waals surface area contributed by atoms with Crippen LogP contribution in [0.5, 0.6) is 0 Å². The molecule has 0 saturated carbocycles. The molecule has 0 aromatic heterocycles. The Morgan fingerprint density at radius 2 is 2.17 bits per heavy atom. The molecule has 1 unspecified atom stereocenters. The summed E-state index contributed by atoms with van der Waals surface area (Å²) in [6.45, 7) is 2.83. The molecule has 1 aliphatic rings. The summed E-state index contributed by atoms with van der Waals surface area (Å²) in [5, 5.41) is 3.13. The molecule has 12 heavy (non-hydrogen) atoms. The standard InChI is InChI=1S/C9H20N2O/c1-11-5-2-9(10)8-3-6-12-7-4-8/h8-9,11H,2-7,10H2,1H3. The Morgan fingerprint density at radius 3 is 2.75 bits per heavy atom. The summed E-state index contributed by atoms with van der Waals surface area (Å²) in [6, 6.07) is 0.362. The molecule has 0 bridgehead atoms. The van der Waals surface area contributed by atoms with Crippen molar-refractivity contribution in [3.05, 3.63) is 0 Å². The first-order chi connectivity index (χ1) is 5.84. The fraction of sp³-hybridized carbons (Fsp3) is 1.00. The molecule has 3 nitrogen and oxygen atoms in total. The van der Waals surface area contributed by atoms with E-state index in [1.54, 1.807) is 0 Å². The highest BCUT2D eigenvalue weighted by atomic mass is 16.5. The first kappa shape index (κ1) is 9.96. The van der Waals surface area contributed by atoms with Crippen LogP contribution in [0.3, 0.4) is 0 Å². The van der Waals surface area contributed by atoms with Crippen LogP contribution < -0.4 is 11.1 Å². The van der Waals surface area contributed by atoms with Crippen LogP contribution >= 0.6 is 0 Å². The van der Waals surface area contributed by atoms with Gasteiger partial charge in [0.15, 0.2) is 0 Å². The van der Waals surface area contributed by atoms with E-state index in [-0.39, 0.29) is 0 Å². The number of nitrogens with two attached hydrogens (primary N) is 1. The lowest BCUT2D eigenvalue weighted by Crippen LogP contribution is -2.36. The molecule has 0 aliphatic carbocycles. The molecule has 1 atom stereocenters. The van der Waals surface area contributed by atoms with Gasteiger partial charge in [0.05, 0.1) is 0 Å². The third kappa shape index (κ3) is 3.09. The fourth-order valence-corrected chi connectivity index (χ4v) is 1.69. The quantitative estimate of drug-likeness (QED) is 0.643. The minimum absolute atomic E-state index is 0.362. The highest BCUT2D eigenvalue weighted by Gasteiger charge is 2.19. The van der Waals surface area contributed by atoms with Crippen LogP contribution in [0, 0.1) is 5.92 Å². The van der Waals surface area contributed by atoms with Crippen LogP contribution in [0.25, 0.3) is 0 Å². The number of hydrogen-bond acceptors (Lipinski definition) is 3. The van der Waals surface area contributed by atoms with Crippen molar-refractivity contribution in [2.45, 2.75) is 25.3 Å². The van der Waals surface area contributed by atoms with Crippen LogP contribution in [-0.4, -0.2) is 32.8 Å². The van der Waals surface area contributed by atoms with Gasteiger partial charge in [0.2, 0.25) is 0 Å². The summed E-state index contributed by atoms with van der Waals surface area (Å²) in [5.74, 6) is 0.687. The van der Waals surface area contributed by atoms with Gasteiger partial charge >= 0.3 is 0 Å². The average Bonchev–Trinajstić information content (AvgIpc) is 2.15. The summed E-state index contributed by atoms with van der Waals surface area (Å²) < 4.78 is 5.28. The van der Waals surface area contributed by atoms with Gasteiger partial charge in [-0.15, -0.1) is 0 Å². The molecule has 0 aromatic rings. The van der Waals surface area contributed by atoms with E-state index in [4.69, 9.17) is 10.5 Å². The van der Waals surface area contributed by atoms with E-state index in [1.807, 2.05) is 7.05 Å². The summed E-state index contributed by atoms with van der Waals surface area (Å²) in [7, 11) is 1.97. The fourth-order valence-electron chi connectivity index (χ4n) is 1.69. The van der Waals surface area contributed by atoms with Crippen molar-refractivity contribution in [1.82, 2.24) is 5.32 Å². The van der Waals surface area contributed by atoms with Crippen molar-refractivity contribution < 1.29 is 4.74 Å². The molecule has 1 heterocycles. The highest BCUT2D eigenvalue weighted by Crippen LogP contribution is 2.18. The zero-order valence-electron chi connectivity index (χ0n) is 7.88. The summed E-state index contributed by atoms with van der Waals surface area (Å²) in [4.78, 5) is 0. The van der Waals surface area contributed by atoms with Gasteiger partial charge in [-0.2, -0.15) is 0 Å². The van der Waals surface area contributed by atoms with Crippen molar-refractivity contribution in [2.75, 3.05) is 26.8 Å². The lowest BCUT2D eigenvalue weighted by Gasteiger charge is -2.27. The minimum Gasteiger partial charge on any atom is -0.381 e. The van der Waals surface area contributed by atoms with E-state index in [0.717, 1.165) is 39.0 Å². The van der Waals surface area contributed by atoms with Gasteiger partial charge in [-0.3, -0.25) is 0 Å². The van der Waals surface area contributed by atoms with Crippen LogP contribution in [0.1, 0.15) is 19.3 Å². The minimum atomic E-state index is 0.362. The molecule has 0 amide bonds. The first-order valence-electron chi connectivity index (χ1n) is 4.82. The van der Waals surface area contributed by atoms with Gasteiger partial charge in [0.25, 0.3) is 0 Å². The summed E-state index contributed by atoms with van der Waals surface area (Å²) in [5.41, 5.74) is 6.04. The molecule has 3 heteroatoms. The lowest BCUT2D eigenvalue weighted by molar-refractivity contribution is 0.0576. The Bertz CT molecular complexity index is 113. The van der Waals surface area contributed by atoms with E-state index in [0.29, 0.717) is 12.0 Å². The maximum Gasteiger partial charge on any atom is 0.0469 e. The Kier molecular flexibility index (Phi) is 4.58. The highest BCUT2D eigenvalue weighted by molar-refractivity contribution is 4.75. The lowest BCUT2D eigenvalue weighted by atomic mass is 9.90. The van der Waals surface area contributed by atoms with Gasteiger partial charge < -0.3 is 15.8 Å². The van der Waals surface area contributed by atoms with Gasteiger partial charge in [-0.25, -0.2) is 0 Å². The summed E-state index contributed by atoms with van der Waals surface area (Å²) in [6.07, 6.45) is 3.37. The van der Waals surface area contributed by atoms with Crippen LogP contribution in [0.4, 0.5) is 0 Å². The molecular weight excluding hydrogens is 152 g/mol. The maximum absolute atomic E-state index is 6.04. The zero-order valence-corrected chi connectivity index (χ0v) is 7.88. The second-order valence-corrected chi connectivity index (χ2v) is 3.51. The number of rotatable bonds is 4. The molecule has 0 aromatic carbocycles. The largest absolute Gasteiger partial charge is 0.381 e. The molecule has 0 radical (unpaired) electrons. The Labute approximate surface area is 74.7 Å². The van der Waals surface area contributed by atoms with Gasteiger partial charge in [-0.1, -0.05) is 0 Å². The molecule has 1 rings (SSSR count). The predicted molar refractivity (Wildman–Crippen MR) is 50.1 cm³/mol. The molecule has 0 spiro atoms. The first-order valence-corrected chi connectivity index (χ1v) is 4.82. The molecular formula is C9H20N2O. The molecule has 1 saturated heterocycles. The predicted octanol–water partition coefficient (Wildman–Crippen LogP) is 0.350. The molecule has 3 N–H and O–H groups in total. The average molecular weight is 172 g/mol. The Hall–Kier alpha value is -0.120. The smallest absolute Gasteiger partial charge is 0.0469 e. The van der Waals surface area contributed by atoms with E-state index in [9.17, 15) is 0 Å². The van der Waals surface area contributed by atoms with Gasteiger partial charge in [-0.05, 0) is 38.8 Å². The second-order valence-electron chi connectivity index (χ2n) is 3.51. The van der Waals surface area contributed by atoms with E-state index in [1.165, 1.54) is 0 Å². The number of nitrogens with one attached hydrogen (secondary N) is 1. The van der Waals surface area contributed by atoms with Crippen molar-refractivity contribution >= 4 is 0 Å². The van der Waals surface area contributed by atoms with E-state index >= 15 is 0 Å². The summed E-state index contributed by atoms with van der Waals surface area (Å²) >= 11 is 0. The molecule has 1 fully saturated rings. The number of ether oxygens (including phenoxy) is 1. The topological polar surface area (TPSA) is 47.3 Å². The zero-order chi connectivity index (χ0) is 8.81. The van der Waals surface area contributed by atoms with Crippen LogP contribution in [-0.2, 0) is 4.74 Å². The van der Waals surface area contributed by atoms with Crippen molar-refractivity contribution in [2.24, 2.45) is 11.7 Å². The monoisotopic (exact) mass is 172 g/mol. The Balaban J connectivity index is 2.15. The Morgan fingerprint density at radius 1 is 1.50 bits per heavy atom. The van der Waals surface area contributed by atoms with E-state index in [2.05, 4.69) is 5.32 Å². The van der Waals surface area contributed by atoms with Gasteiger partial charge in [0.1, 0.15) is 0 Å². The van der Waals surface area contributed by atoms with Crippen molar-refractivity contribution in [3.8, 4) is 0 Å². The third-order valence-corrected chi connectivity index (χ3v) is 2.60. The van der Waals surface area contributed by atoms with Crippen LogP contribution in [0.2, 0.25) is 0 Å². The van der Waals surface area contributed by atoms with E-state index < -0.39 is 0 Å². The van der Waals surface area contributed by atoms with Gasteiger partial charge in [0, 0.05) is 19.3 Å². The SMILES string of the molecule is CNCCC(N)C1CCOCC1. The third-order valence-electron chi connectivity index (χ3n) is 2.60. The van der Waals surface area contributed by atoms with Crippen molar-refractivity contribution in [1.29, 1.82) is 0 Å².